The normalized spacial score (nSPS) is 14.4. The summed E-state index contributed by atoms with van der Waals surface area (Å²) in [6.45, 7) is 0. The van der Waals surface area contributed by atoms with Crippen LogP contribution in [0.4, 0.5) is 0 Å². The van der Waals surface area contributed by atoms with Crippen LogP contribution in [0.25, 0.3) is 0 Å². The van der Waals surface area contributed by atoms with Crippen molar-refractivity contribution in [3.8, 4) is 0 Å². The quantitative estimate of drug-likeness (QED) is 0.846. The fourth-order valence-electron chi connectivity index (χ4n) is 1.13. The van der Waals surface area contributed by atoms with Crippen LogP contribution in [-0.4, -0.2) is 28.4 Å². The van der Waals surface area contributed by atoms with Crippen molar-refractivity contribution in [3.05, 3.63) is 22.4 Å². The average molecular weight is 303 g/mol. The second kappa shape index (κ2) is 6.56. The number of carbonyl (C=O) groups is 2. The summed E-state index contributed by atoms with van der Waals surface area (Å²) in [5, 5.41) is 11.3. The van der Waals surface area contributed by atoms with E-state index in [-0.39, 0.29) is 23.7 Å². The first-order valence-corrected chi connectivity index (χ1v) is 8.24. The first-order chi connectivity index (χ1) is 7.50. The molecule has 1 N–H and O–H groups in total. The monoisotopic (exact) mass is 303 g/mol. The molecular weight excluding hydrogens is 291 g/mol. The molecule has 1 heterocycles. The molecule has 91 valence electrons. The average Bonchev–Trinajstić information content (AvgIpc) is 2.69. The van der Waals surface area contributed by atoms with Gasteiger partial charge in [0, 0.05) is 0 Å². The molecule has 0 aliphatic rings. The third-order valence-corrected chi connectivity index (χ3v) is 4.32. The summed E-state index contributed by atoms with van der Waals surface area (Å²) >= 11 is 5.39. The Bertz CT molecular complexity index is 400. The predicted molar refractivity (Wildman–Crippen MR) is 62.4 cm³/mol. The number of hydrogen-bond donors (Lipinski definition) is 1. The van der Waals surface area contributed by atoms with Crippen LogP contribution in [0.1, 0.15) is 22.5 Å². The number of aliphatic hydroxyl groups excluding tert-OH is 1. The van der Waals surface area contributed by atoms with E-state index >= 15 is 0 Å². The van der Waals surface area contributed by atoms with Crippen LogP contribution in [0.15, 0.2) is 17.5 Å². The van der Waals surface area contributed by atoms with Crippen molar-refractivity contribution in [1.29, 1.82) is 0 Å². The van der Waals surface area contributed by atoms with Crippen molar-refractivity contribution in [2.24, 2.45) is 0 Å². The van der Waals surface area contributed by atoms with E-state index in [9.17, 15) is 14.7 Å². The molecule has 16 heavy (non-hydrogen) atoms. The molecule has 0 saturated heterocycles. The number of hydrogen-bond acceptors (Lipinski definition) is 4. The molecular formula is C10H12CoO3S2. The zero-order chi connectivity index (χ0) is 12.1. The molecule has 2 unspecified atom stereocenters. The summed E-state index contributed by atoms with van der Waals surface area (Å²) in [6.07, 6.45) is 0.772. The molecule has 0 amide bonds. The molecule has 0 radical (unpaired) electrons. The van der Waals surface area contributed by atoms with E-state index in [1.54, 1.807) is 18.4 Å². The Morgan fingerprint density at radius 1 is 1.56 bits per heavy atom. The topological polar surface area (TPSA) is 54.4 Å². The van der Waals surface area contributed by atoms with Gasteiger partial charge in [-0.15, -0.1) is 0 Å². The van der Waals surface area contributed by atoms with E-state index in [2.05, 4.69) is 14.1 Å². The molecule has 2 atom stereocenters. The Morgan fingerprint density at radius 2 is 2.25 bits per heavy atom. The van der Waals surface area contributed by atoms with E-state index in [1.807, 2.05) is 5.38 Å². The van der Waals surface area contributed by atoms with Crippen molar-refractivity contribution in [3.63, 3.8) is 0 Å². The van der Waals surface area contributed by atoms with Crippen molar-refractivity contribution in [2.45, 2.75) is 18.9 Å². The molecule has 0 fully saturated rings. The predicted octanol–water partition coefficient (Wildman–Crippen LogP) is 1.96. The van der Waals surface area contributed by atoms with Gasteiger partial charge in [-0.05, 0) is 0 Å². The Morgan fingerprint density at radius 3 is 2.75 bits per heavy atom. The van der Waals surface area contributed by atoms with Gasteiger partial charge in [-0.3, -0.25) is 0 Å². The van der Waals surface area contributed by atoms with Crippen LogP contribution in [0.5, 0.6) is 0 Å². The van der Waals surface area contributed by atoms with Crippen LogP contribution >= 0.6 is 20.2 Å². The van der Waals surface area contributed by atoms with E-state index in [0.29, 0.717) is 4.88 Å². The SMILES string of the molecule is C[S](=[Co])C(=O)CC(O)CC(=O)c1cccs1. The summed E-state index contributed by atoms with van der Waals surface area (Å²) in [4.78, 5) is 23.5. The van der Waals surface area contributed by atoms with Crippen LogP contribution < -0.4 is 0 Å². The van der Waals surface area contributed by atoms with Crippen LogP contribution in [0.3, 0.4) is 0 Å². The fraction of sp³-hybridized carbons (Fsp3) is 0.400. The number of Topliss-reactive ketones (excluding diaryl/α,β-unsaturated/α-hetero) is 1. The van der Waals surface area contributed by atoms with Gasteiger partial charge in [-0.2, -0.15) is 0 Å². The summed E-state index contributed by atoms with van der Waals surface area (Å²) in [6, 6.07) is 3.50. The summed E-state index contributed by atoms with van der Waals surface area (Å²) in [7, 11) is -0.653. The summed E-state index contributed by atoms with van der Waals surface area (Å²) in [5.41, 5.74) is 0. The van der Waals surface area contributed by atoms with Gasteiger partial charge in [0.05, 0.1) is 0 Å². The minimum atomic E-state index is -0.900. The Hall–Kier alpha value is -0.144. The second-order valence-corrected chi connectivity index (χ2v) is 7.37. The van der Waals surface area contributed by atoms with Gasteiger partial charge in [0.2, 0.25) is 0 Å². The van der Waals surface area contributed by atoms with Gasteiger partial charge in [-0.1, -0.05) is 0 Å². The molecule has 1 rings (SSSR count). The summed E-state index contributed by atoms with van der Waals surface area (Å²) in [5.74, 6) is -0.121. The van der Waals surface area contributed by atoms with Gasteiger partial charge in [0.25, 0.3) is 0 Å². The molecule has 1 aromatic rings. The van der Waals surface area contributed by atoms with Crippen molar-refractivity contribution in [2.75, 3.05) is 6.26 Å². The minimum absolute atomic E-state index is 0.00151. The third-order valence-electron chi connectivity index (χ3n) is 1.92. The second-order valence-electron chi connectivity index (χ2n) is 3.24. The van der Waals surface area contributed by atoms with E-state index in [1.165, 1.54) is 11.3 Å². The van der Waals surface area contributed by atoms with Gasteiger partial charge in [0.15, 0.2) is 0 Å². The maximum atomic E-state index is 11.6. The Kier molecular flexibility index (Phi) is 5.70. The molecule has 0 aliphatic carbocycles. The van der Waals surface area contributed by atoms with Gasteiger partial charge >= 0.3 is 108 Å². The molecule has 0 aliphatic heterocycles. The number of ketones is 1. The van der Waals surface area contributed by atoms with Gasteiger partial charge in [0.1, 0.15) is 0 Å². The fourth-order valence-corrected chi connectivity index (χ4v) is 2.48. The number of thiophene rings is 1. The zero-order valence-electron chi connectivity index (χ0n) is 8.64. The summed E-state index contributed by atoms with van der Waals surface area (Å²) < 4.78 is 0. The molecule has 0 aromatic carbocycles. The molecule has 0 bridgehead atoms. The molecule has 3 nitrogen and oxygen atoms in total. The Labute approximate surface area is 107 Å². The third kappa shape index (κ3) is 4.38. The number of carbonyl (C=O) groups excluding carboxylic acids is 2. The molecule has 6 heteroatoms. The van der Waals surface area contributed by atoms with Crippen LogP contribution in [0.2, 0.25) is 0 Å². The first kappa shape index (κ1) is 13.9. The molecule has 0 spiro atoms. The van der Waals surface area contributed by atoms with E-state index in [4.69, 9.17) is 0 Å². The van der Waals surface area contributed by atoms with Crippen molar-refractivity contribution >= 4 is 31.1 Å². The number of aliphatic hydroxyl groups is 1. The molecule has 1 aromatic heterocycles. The number of rotatable bonds is 5. The van der Waals surface area contributed by atoms with Gasteiger partial charge in [-0.25, -0.2) is 0 Å². The van der Waals surface area contributed by atoms with Gasteiger partial charge < -0.3 is 0 Å². The standard InChI is InChI=1S/C10H12O3S2.Co/c1-14-10(13)6-7(11)5-8(12)9-3-2-4-15-9;/h2-4,7,11H,5-6H2,1H3;. The van der Waals surface area contributed by atoms with Crippen LogP contribution in [-0.2, 0) is 18.9 Å². The van der Waals surface area contributed by atoms with Crippen molar-refractivity contribution < 1.29 is 28.8 Å². The van der Waals surface area contributed by atoms with Crippen molar-refractivity contribution in [1.82, 2.24) is 0 Å². The van der Waals surface area contributed by atoms with E-state index in [0.717, 1.165) is 0 Å². The first-order valence-electron chi connectivity index (χ1n) is 4.58. The maximum absolute atomic E-state index is 11.6. The zero-order valence-corrected chi connectivity index (χ0v) is 11.3. The molecule has 0 saturated carbocycles. The van der Waals surface area contributed by atoms with Crippen LogP contribution in [0, 0.1) is 0 Å². The van der Waals surface area contributed by atoms with E-state index < -0.39 is 15.0 Å². The Balaban J connectivity index is 2.46.